The molecular formula is C17H15BrN4OS. The summed E-state index contributed by atoms with van der Waals surface area (Å²) in [6, 6.07) is 15.5. The van der Waals surface area contributed by atoms with Gasteiger partial charge in [0.1, 0.15) is 5.75 Å². The largest absolute Gasteiger partial charge is 0.493 e. The highest BCUT2D eigenvalue weighted by Gasteiger charge is 2.13. The first-order valence-electron chi connectivity index (χ1n) is 7.38. The van der Waals surface area contributed by atoms with Crippen LogP contribution in [0.15, 0.2) is 58.1 Å². The number of para-hydroxylation sites is 1. The minimum atomic E-state index is 0.419. The number of rotatable bonds is 5. The Morgan fingerprint density at radius 1 is 1.29 bits per heavy atom. The van der Waals surface area contributed by atoms with Crippen LogP contribution < -0.4 is 4.74 Å². The lowest BCUT2D eigenvalue weighted by molar-refractivity contribution is 0.341. The summed E-state index contributed by atoms with van der Waals surface area (Å²) in [5.41, 5.74) is 1.79. The van der Waals surface area contributed by atoms with Gasteiger partial charge in [-0.25, -0.2) is 5.10 Å². The van der Waals surface area contributed by atoms with E-state index in [9.17, 15) is 0 Å². The molecular weight excluding hydrogens is 388 g/mol. The van der Waals surface area contributed by atoms with Crippen molar-refractivity contribution < 1.29 is 4.74 Å². The normalized spacial score (nSPS) is 11.1. The summed E-state index contributed by atoms with van der Waals surface area (Å²) in [4.78, 5) is 0. The minimum Gasteiger partial charge on any atom is -0.493 e. The molecule has 24 heavy (non-hydrogen) atoms. The van der Waals surface area contributed by atoms with E-state index in [2.05, 4.69) is 31.2 Å². The molecule has 122 valence electrons. The van der Waals surface area contributed by atoms with Gasteiger partial charge in [0.15, 0.2) is 5.82 Å². The number of hydrogen-bond donors (Lipinski definition) is 1. The summed E-state index contributed by atoms with van der Waals surface area (Å²) in [5.74, 6) is 1.35. The molecule has 0 amide bonds. The van der Waals surface area contributed by atoms with Crippen LogP contribution in [0.1, 0.15) is 12.5 Å². The van der Waals surface area contributed by atoms with Crippen molar-refractivity contribution in [1.82, 2.24) is 14.9 Å². The first-order chi connectivity index (χ1) is 11.7. The fourth-order valence-corrected chi connectivity index (χ4v) is 2.81. The van der Waals surface area contributed by atoms with Crippen LogP contribution in [0.2, 0.25) is 0 Å². The third kappa shape index (κ3) is 3.63. The Kier molecular flexibility index (Phi) is 5.22. The minimum absolute atomic E-state index is 0.419. The Morgan fingerprint density at radius 3 is 2.92 bits per heavy atom. The van der Waals surface area contributed by atoms with Crippen molar-refractivity contribution >= 4 is 34.4 Å². The summed E-state index contributed by atoms with van der Waals surface area (Å²) in [6.07, 6.45) is 1.74. The maximum absolute atomic E-state index is 5.67. The van der Waals surface area contributed by atoms with Crippen LogP contribution in [-0.4, -0.2) is 27.7 Å². The summed E-state index contributed by atoms with van der Waals surface area (Å²) in [6.45, 7) is 2.52. The average molecular weight is 403 g/mol. The Balaban J connectivity index is 2.03. The highest BCUT2D eigenvalue weighted by Crippen LogP contribution is 2.28. The Bertz CT molecular complexity index is 932. The molecule has 0 saturated carbocycles. The lowest BCUT2D eigenvalue weighted by Gasteiger charge is -2.08. The van der Waals surface area contributed by atoms with Crippen molar-refractivity contribution in [3.63, 3.8) is 0 Å². The molecule has 0 saturated heterocycles. The van der Waals surface area contributed by atoms with Crippen molar-refractivity contribution in [2.45, 2.75) is 6.92 Å². The van der Waals surface area contributed by atoms with Crippen LogP contribution in [0.25, 0.3) is 11.4 Å². The van der Waals surface area contributed by atoms with E-state index in [4.69, 9.17) is 17.0 Å². The van der Waals surface area contributed by atoms with E-state index in [1.54, 1.807) is 10.9 Å². The zero-order valence-corrected chi connectivity index (χ0v) is 15.3. The van der Waals surface area contributed by atoms with Gasteiger partial charge in [-0.15, -0.1) is 0 Å². The molecule has 2 aromatic carbocycles. The van der Waals surface area contributed by atoms with Crippen molar-refractivity contribution in [3.05, 3.63) is 63.3 Å². The smallest absolute Gasteiger partial charge is 0.216 e. The number of ether oxygens (including phenoxy) is 1. The van der Waals surface area contributed by atoms with E-state index in [-0.39, 0.29) is 0 Å². The predicted molar refractivity (Wildman–Crippen MR) is 101 cm³/mol. The Hall–Kier alpha value is -2.25. The predicted octanol–water partition coefficient (Wildman–Crippen LogP) is 4.65. The zero-order chi connectivity index (χ0) is 16.9. The highest BCUT2D eigenvalue weighted by molar-refractivity contribution is 9.10. The average Bonchev–Trinajstić information content (AvgIpc) is 2.94. The molecule has 3 aromatic rings. The number of nitrogens with zero attached hydrogens (tertiary/aromatic N) is 3. The fraction of sp³-hybridized carbons (Fsp3) is 0.118. The number of H-pyrrole nitrogens is 1. The second kappa shape index (κ2) is 7.55. The van der Waals surface area contributed by atoms with Gasteiger partial charge in [-0.3, -0.25) is 0 Å². The van der Waals surface area contributed by atoms with E-state index in [0.29, 0.717) is 17.2 Å². The van der Waals surface area contributed by atoms with Gasteiger partial charge in [0.25, 0.3) is 0 Å². The van der Waals surface area contributed by atoms with Crippen LogP contribution >= 0.6 is 28.1 Å². The van der Waals surface area contributed by atoms with Gasteiger partial charge in [-0.05, 0) is 49.0 Å². The van der Waals surface area contributed by atoms with E-state index >= 15 is 0 Å². The third-order valence-electron chi connectivity index (χ3n) is 3.25. The standard InChI is InChI=1S/C17H15BrN4OS/c1-2-23-15-9-4-3-8-14(15)16-20-21-17(24)22(16)19-11-12-6-5-7-13(18)10-12/h3-11H,2H2,1H3,(H,21,24)/b19-11-. The van der Waals surface area contributed by atoms with Gasteiger partial charge >= 0.3 is 0 Å². The van der Waals surface area contributed by atoms with Crippen LogP contribution in [0.5, 0.6) is 5.75 Å². The van der Waals surface area contributed by atoms with Crippen LogP contribution in [-0.2, 0) is 0 Å². The van der Waals surface area contributed by atoms with Gasteiger partial charge < -0.3 is 4.74 Å². The molecule has 0 spiro atoms. The van der Waals surface area contributed by atoms with E-state index in [1.807, 2.05) is 55.5 Å². The second-order valence-corrected chi connectivity index (χ2v) is 6.20. The van der Waals surface area contributed by atoms with Gasteiger partial charge in [-0.2, -0.15) is 14.9 Å². The third-order valence-corrected chi connectivity index (χ3v) is 4.01. The van der Waals surface area contributed by atoms with Gasteiger partial charge in [-0.1, -0.05) is 40.2 Å². The SMILES string of the molecule is CCOc1ccccc1-c1n[nH]c(=S)n1/N=C\c1cccc(Br)c1. The Labute approximate surface area is 153 Å². The zero-order valence-electron chi connectivity index (χ0n) is 12.9. The number of benzene rings is 2. The number of nitrogens with one attached hydrogen (secondary N) is 1. The summed E-state index contributed by atoms with van der Waals surface area (Å²) >= 11 is 8.75. The molecule has 0 aliphatic heterocycles. The van der Waals surface area contributed by atoms with E-state index in [0.717, 1.165) is 21.3 Å². The summed E-state index contributed by atoms with van der Waals surface area (Å²) < 4.78 is 8.68. The lowest BCUT2D eigenvalue weighted by atomic mass is 10.2. The summed E-state index contributed by atoms with van der Waals surface area (Å²) in [7, 11) is 0. The van der Waals surface area contributed by atoms with Crippen LogP contribution in [0, 0.1) is 4.77 Å². The van der Waals surface area contributed by atoms with Gasteiger partial charge in [0, 0.05) is 4.47 Å². The van der Waals surface area contributed by atoms with Crippen molar-refractivity contribution in [2.75, 3.05) is 6.61 Å². The summed E-state index contributed by atoms with van der Waals surface area (Å²) in [5, 5.41) is 11.6. The highest BCUT2D eigenvalue weighted by atomic mass is 79.9. The molecule has 1 N–H and O–H groups in total. The topological polar surface area (TPSA) is 55.2 Å². The van der Waals surface area contributed by atoms with Crippen LogP contribution in [0.4, 0.5) is 0 Å². The molecule has 3 rings (SSSR count). The lowest BCUT2D eigenvalue weighted by Crippen LogP contribution is -1.99. The molecule has 0 aliphatic rings. The molecule has 0 radical (unpaired) electrons. The molecule has 0 bridgehead atoms. The number of aromatic nitrogens is 3. The van der Waals surface area contributed by atoms with Gasteiger partial charge in [0.05, 0.1) is 18.4 Å². The first kappa shape index (κ1) is 16.6. The number of halogens is 1. The fourth-order valence-electron chi connectivity index (χ4n) is 2.22. The quantitative estimate of drug-likeness (QED) is 0.498. The monoisotopic (exact) mass is 402 g/mol. The first-order valence-corrected chi connectivity index (χ1v) is 8.58. The molecule has 0 unspecified atom stereocenters. The number of aromatic amines is 1. The molecule has 1 aromatic heterocycles. The van der Waals surface area contributed by atoms with E-state index < -0.39 is 0 Å². The van der Waals surface area contributed by atoms with Crippen molar-refractivity contribution in [1.29, 1.82) is 0 Å². The molecule has 1 heterocycles. The number of hydrogen-bond acceptors (Lipinski definition) is 4. The van der Waals surface area contributed by atoms with Crippen LogP contribution in [0.3, 0.4) is 0 Å². The van der Waals surface area contributed by atoms with E-state index in [1.165, 1.54) is 0 Å². The molecule has 0 aliphatic carbocycles. The molecule has 0 atom stereocenters. The molecule has 0 fully saturated rings. The molecule has 7 heteroatoms. The second-order valence-electron chi connectivity index (χ2n) is 4.89. The Morgan fingerprint density at radius 2 is 2.12 bits per heavy atom. The maximum atomic E-state index is 5.67. The van der Waals surface area contributed by atoms with Crippen molar-refractivity contribution in [2.24, 2.45) is 5.10 Å². The van der Waals surface area contributed by atoms with Gasteiger partial charge in [0.2, 0.25) is 4.77 Å². The van der Waals surface area contributed by atoms with Crippen molar-refractivity contribution in [3.8, 4) is 17.1 Å². The maximum Gasteiger partial charge on any atom is 0.216 e. The molecule has 5 nitrogen and oxygen atoms in total.